The minimum absolute atomic E-state index is 0.0327. The van der Waals surface area contributed by atoms with E-state index in [0.717, 1.165) is 55.6 Å². The number of phenols is 2. The van der Waals surface area contributed by atoms with Gasteiger partial charge in [-0.15, -0.1) is 10.2 Å². The molecule has 0 saturated carbocycles. The molecule has 1 aliphatic rings. The number of nitrogens with one attached hydrogen (secondary N) is 1. The van der Waals surface area contributed by atoms with Crippen molar-refractivity contribution in [2.45, 2.75) is 58.4 Å². The van der Waals surface area contributed by atoms with Crippen LogP contribution in [-0.4, -0.2) is 67.7 Å². The van der Waals surface area contributed by atoms with E-state index in [2.05, 4.69) is 15.1 Å². The molecule has 1 aromatic heterocycles. The molecule has 4 aromatic rings. The number of nitrogens with two attached hydrogens (primary N) is 1. The summed E-state index contributed by atoms with van der Waals surface area (Å²) >= 11 is 0. The summed E-state index contributed by atoms with van der Waals surface area (Å²) in [6.07, 6.45) is -2.60. The minimum Gasteiger partial charge on any atom is -0.508 e. The fourth-order valence-corrected chi connectivity index (χ4v) is 5.96. The monoisotopic (exact) mass is 680 g/mol. The van der Waals surface area contributed by atoms with Crippen molar-refractivity contribution < 1.29 is 37.7 Å². The van der Waals surface area contributed by atoms with Gasteiger partial charge >= 0.3 is 12.3 Å². The quantitative estimate of drug-likeness (QED) is 0.155. The molecule has 2 heterocycles. The summed E-state index contributed by atoms with van der Waals surface area (Å²) in [6.45, 7) is 4.98. The molecule has 0 unspecified atom stereocenters. The molecular formula is C35H39F3N6O5. The fraction of sp³-hybridized carbons (Fsp3) is 0.371. The van der Waals surface area contributed by atoms with Crippen molar-refractivity contribution >= 4 is 12.0 Å². The molecule has 1 fully saturated rings. The zero-order valence-electron chi connectivity index (χ0n) is 27.2. The van der Waals surface area contributed by atoms with Crippen molar-refractivity contribution in [2.75, 3.05) is 19.6 Å². The second kappa shape index (κ2) is 15.0. The number of primary amides is 1. The number of rotatable bonds is 11. The van der Waals surface area contributed by atoms with Crippen LogP contribution in [0.3, 0.4) is 0 Å². The zero-order valence-corrected chi connectivity index (χ0v) is 27.2. The lowest BCUT2D eigenvalue weighted by molar-refractivity contribution is -0.123. The Morgan fingerprint density at radius 2 is 1.59 bits per heavy atom. The number of carbonyl (C=O) groups excluding carboxylic acids is 2. The van der Waals surface area contributed by atoms with Crippen LogP contribution in [0.1, 0.15) is 65.5 Å². The van der Waals surface area contributed by atoms with Crippen LogP contribution >= 0.6 is 0 Å². The van der Waals surface area contributed by atoms with Crippen LogP contribution in [0.15, 0.2) is 60.7 Å². The molecule has 3 aromatic carbocycles. The standard InChI is InChI=1S/C35H39F3N6O5/c1-21(2)27-16-28(30(46)17-29(27)45)31-41-42-32(33(47)40-20-35(36,37)38)44(31)26-9-7-22(8-10-26)15-23-11-13-43(14-12-23)18-24-3-5-25(6-4-24)19-49-34(39)48/h3-10,16-17,21,23,45-46H,11-15,18-20H2,1-2H3,(H2,39,48)(H,40,47). The Hall–Kier alpha value is -5.11. The van der Waals surface area contributed by atoms with Crippen LogP contribution < -0.4 is 11.1 Å². The highest BCUT2D eigenvalue weighted by Gasteiger charge is 2.30. The summed E-state index contributed by atoms with van der Waals surface area (Å²) in [5.74, 6) is -1.55. The summed E-state index contributed by atoms with van der Waals surface area (Å²) < 4.78 is 44.9. The van der Waals surface area contributed by atoms with Gasteiger partial charge in [-0.05, 0) is 84.6 Å². The van der Waals surface area contributed by atoms with Crippen LogP contribution in [-0.2, 0) is 24.3 Å². The van der Waals surface area contributed by atoms with Crippen LogP contribution in [0.25, 0.3) is 17.1 Å². The van der Waals surface area contributed by atoms with Crippen LogP contribution in [0.4, 0.5) is 18.0 Å². The number of aromatic nitrogens is 3. The first kappa shape index (κ1) is 35.2. The first-order valence-corrected chi connectivity index (χ1v) is 16.0. The average Bonchev–Trinajstić information content (AvgIpc) is 3.49. The second-order valence-electron chi connectivity index (χ2n) is 12.6. The molecule has 1 aliphatic heterocycles. The maximum absolute atomic E-state index is 12.9. The number of benzene rings is 3. The highest BCUT2D eigenvalue weighted by atomic mass is 19.4. The molecule has 1 saturated heterocycles. The highest BCUT2D eigenvalue weighted by molar-refractivity contribution is 5.92. The number of nitrogens with zero attached hydrogens (tertiary/aromatic N) is 4. The molecule has 0 bridgehead atoms. The molecule has 11 nitrogen and oxygen atoms in total. The van der Waals surface area contributed by atoms with Crippen LogP contribution in [0.5, 0.6) is 11.5 Å². The third kappa shape index (κ3) is 9.08. The zero-order chi connectivity index (χ0) is 35.3. The lowest BCUT2D eigenvalue weighted by atomic mass is 9.90. The van der Waals surface area contributed by atoms with Gasteiger partial charge in [0, 0.05) is 18.3 Å². The number of phenolic OH excluding ortho intramolecular Hbond substituents is 2. The first-order chi connectivity index (χ1) is 23.3. The smallest absolute Gasteiger partial charge is 0.405 e. The Morgan fingerprint density at radius 1 is 0.959 bits per heavy atom. The van der Waals surface area contributed by atoms with Crippen molar-refractivity contribution in [2.24, 2.45) is 11.7 Å². The van der Waals surface area contributed by atoms with Gasteiger partial charge in [-0.25, -0.2) is 4.79 Å². The van der Waals surface area contributed by atoms with Gasteiger partial charge < -0.3 is 26.0 Å². The van der Waals surface area contributed by atoms with Gasteiger partial charge in [0.2, 0.25) is 5.82 Å². The first-order valence-electron chi connectivity index (χ1n) is 16.0. The predicted octanol–water partition coefficient (Wildman–Crippen LogP) is 5.81. The van der Waals surface area contributed by atoms with Gasteiger partial charge in [-0.1, -0.05) is 50.2 Å². The number of piperidine rings is 1. The van der Waals surface area contributed by atoms with Gasteiger partial charge in [-0.2, -0.15) is 13.2 Å². The van der Waals surface area contributed by atoms with E-state index in [1.165, 1.54) is 16.7 Å². The van der Waals surface area contributed by atoms with E-state index in [1.807, 2.05) is 55.6 Å². The Morgan fingerprint density at radius 3 is 2.20 bits per heavy atom. The third-order valence-electron chi connectivity index (χ3n) is 8.56. The SMILES string of the molecule is CC(C)c1cc(-c2nnc(C(=O)NCC(F)(F)F)n2-c2ccc(CC3CCN(Cc4ccc(COC(N)=O)cc4)CC3)cc2)c(O)cc1O. The van der Waals surface area contributed by atoms with Crippen molar-refractivity contribution in [3.63, 3.8) is 0 Å². The lowest BCUT2D eigenvalue weighted by Crippen LogP contribution is -2.35. The van der Waals surface area contributed by atoms with E-state index < -0.39 is 24.7 Å². The molecule has 0 atom stereocenters. The summed E-state index contributed by atoms with van der Waals surface area (Å²) in [6, 6.07) is 17.9. The van der Waals surface area contributed by atoms with Crippen molar-refractivity contribution in [3.05, 3.63) is 88.7 Å². The van der Waals surface area contributed by atoms with E-state index in [9.17, 15) is 33.0 Å². The van der Waals surface area contributed by atoms with Gasteiger partial charge in [0.05, 0.1) is 5.56 Å². The number of alkyl halides is 3. The van der Waals surface area contributed by atoms with E-state index in [-0.39, 0.29) is 41.2 Å². The van der Waals surface area contributed by atoms with E-state index in [1.54, 1.807) is 12.1 Å². The van der Waals surface area contributed by atoms with Gasteiger partial charge in [-0.3, -0.25) is 14.3 Å². The molecule has 14 heteroatoms. The molecule has 49 heavy (non-hydrogen) atoms. The Labute approximate surface area is 281 Å². The Bertz CT molecular complexity index is 1770. The van der Waals surface area contributed by atoms with Crippen LogP contribution in [0.2, 0.25) is 0 Å². The summed E-state index contributed by atoms with van der Waals surface area (Å²) in [5, 5.41) is 30.9. The summed E-state index contributed by atoms with van der Waals surface area (Å²) in [5.41, 5.74) is 9.21. The highest BCUT2D eigenvalue weighted by Crippen LogP contribution is 2.38. The molecule has 0 aliphatic carbocycles. The molecular weight excluding hydrogens is 641 g/mol. The lowest BCUT2D eigenvalue weighted by Gasteiger charge is -2.32. The van der Waals surface area contributed by atoms with Gasteiger partial charge in [0.1, 0.15) is 24.7 Å². The maximum Gasteiger partial charge on any atom is 0.405 e. The fourth-order valence-electron chi connectivity index (χ4n) is 5.96. The van der Waals surface area contributed by atoms with E-state index >= 15 is 0 Å². The number of amides is 2. The number of ether oxygens (including phenoxy) is 1. The normalized spacial score (nSPS) is 14.2. The van der Waals surface area contributed by atoms with Crippen molar-refractivity contribution in [1.29, 1.82) is 0 Å². The predicted molar refractivity (Wildman–Crippen MR) is 175 cm³/mol. The second-order valence-corrected chi connectivity index (χ2v) is 12.6. The minimum atomic E-state index is -4.63. The molecule has 0 spiro atoms. The number of likely N-dealkylation sites (tertiary alicyclic amines) is 1. The Kier molecular flexibility index (Phi) is 10.8. The maximum atomic E-state index is 12.9. The number of aromatic hydroxyl groups is 2. The van der Waals surface area contributed by atoms with Crippen molar-refractivity contribution in [3.8, 4) is 28.6 Å². The van der Waals surface area contributed by atoms with Crippen molar-refractivity contribution in [1.82, 2.24) is 25.0 Å². The average molecular weight is 681 g/mol. The Balaban J connectivity index is 1.29. The van der Waals surface area contributed by atoms with E-state index in [0.29, 0.717) is 17.2 Å². The largest absolute Gasteiger partial charge is 0.508 e. The van der Waals surface area contributed by atoms with Gasteiger partial charge in [0.15, 0.2) is 5.82 Å². The van der Waals surface area contributed by atoms with E-state index in [4.69, 9.17) is 10.5 Å². The molecule has 5 rings (SSSR count). The number of hydrogen-bond donors (Lipinski definition) is 4. The number of hydrogen-bond acceptors (Lipinski definition) is 8. The molecule has 2 amide bonds. The summed E-state index contributed by atoms with van der Waals surface area (Å²) in [4.78, 5) is 26.1. The summed E-state index contributed by atoms with van der Waals surface area (Å²) in [7, 11) is 0. The van der Waals surface area contributed by atoms with Gasteiger partial charge in [0.25, 0.3) is 5.91 Å². The molecule has 5 N–H and O–H groups in total. The number of halogens is 3. The third-order valence-corrected chi connectivity index (χ3v) is 8.56. The molecule has 260 valence electrons. The number of carbonyl (C=O) groups is 2. The topological polar surface area (TPSA) is 156 Å². The van der Waals surface area contributed by atoms with Crippen LogP contribution in [0, 0.1) is 5.92 Å². The molecule has 0 radical (unpaired) electrons.